The molecule has 61 heavy (non-hydrogen) atoms. The smallest absolute Gasteiger partial charge is 0.321 e. The Kier molecular flexibility index (Phi) is 14.7. The van der Waals surface area contributed by atoms with Gasteiger partial charge in [-0.3, -0.25) is 19.2 Å². The molecule has 6 rings (SSSR count). The molecule has 328 valence electrons. The molecular formula is C51H68N4O6. The summed E-state index contributed by atoms with van der Waals surface area (Å²) in [4.78, 5) is 64.7. The van der Waals surface area contributed by atoms with Gasteiger partial charge in [0, 0.05) is 68.8 Å². The number of nitrogens with one attached hydrogen (secondary N) is 4. The van der Waals surface area contributed by atoms with Crippen molar-refractivity contribution >= 4 is 47.8 Å². The van der Waals surface area contributed by atoms with Gasteiger partial charge in [0.15, 0.2) is 12.1 Å². The van der Waals surface area contributed by atoms with Gasteiger partial charge in [-0.05, 0) is 111 Å². The molecule has 8 bridgehead atoms. The molecule has 0 saturated carbocycles. The van der Waals surface area contributed by atoms with Gasteiger partial charge in [0.1, 0.15) is 12.5 Å². The first-order valence-electron chi connectivity index (χ1n) is 22.8. The Morgan fingerprint density at radius 1 is 0.852 bits per heavy atom. The molecule has 1 fully saturated rings. The molecule has 0 unspecified atom stereocenters. The molecule has 0 amide bonds. The fourth-order valence-electron chi connectivity index (χ4n) is 9.79. The summed E-state index contributed by atoms with van der Waals surface area (Å²) in [6.45, 7) is 19.5. The van der Waals surface area contributed by atoms with Crippen molar-refractivity contribution < 1.29 is 28.7 Å². The van der Waals surface area contributed by atoms with Crippen molar-refractivity contribution in [2.75, 3.05) is 13.7 Å². The first-order chi connectivity index (χ1) is 29.3. The lowest BCUT2D eigenvalue weighted by Crippen LogP contribution is -2.25. The number of Topliss-reactive ketones (excluding diaryl/α,β-unsaturated/α-hetero) is 1. The Bertz CT molecular complexity index is 2380. The molecule has 4 N–H and O–H groups in total. The maximum absolute atomic E-state index is 14.4. The van der Waals surface area contributed by atoms with E-state index in [1.54, 1.807) is 0 Å². The van der Waals surface area contributed by atoms with Crippen LogP contribution in [0.5, 0.6) is 0 Å². The number of aromatic nitrogens is 3. The molecular weight excluding hydrogens is 765 g/mol. The van der Waals surface area contributed by atoms with E-state index in [0.717, 1.165) is 82.2 Å². The molecule has 1 saturated heterocycles. The number of H-pyrrole nitrogens is 3. The van der Waals surface area contributed by atoms with Crippen LogP contribution in [0.2, 0.25) is 0 Å². The van der Waals surface area contributed by atoms with Gasteiger partial charge in [0.2, 0.25) is 0 Å². The zero-order chi connectivity index (χ0) is 44.1. The summed E-state index contributed by atoms with van der Waals surface area (Å²) in [5.41, 5.74) is 11.4. The van der Waals surface area contributed by atoms with Crippen molar-refractivity contribution in [3.05, 3.63) is 89.9 Å². The highest BCUT2D eigenvalue weighted by Gasteiger charge is 2.48. The third kappa shape index (κ3) is 9.38. The second-order valence-corrected chi connectivity index (χ2v) is 17.9. The number of allylic oxidation sites excluding steroid dienone is 3. The van der Waals surface area contributed by atoms with Crippen molar-refractivity contribution in [3.8, 4) is 0 Å². The van der Waals surface area contributed by atoms with E-state index in [4.69, 9.17) is 9.47 Å². The quantitative estimate of drug-likeness (QED) is 0.0433. The molecule has 5 atom stereocenters. The summed E-state index contributed by atoms with van der Waals surface area (Å²) >= 11 is 0. The molecule has 0 aromatic carbocycles. The van der Waals surface area contributed by atoms with Gasteiger partial charge in [0.25, 0.3) is 0 Å². The maximum Gasteiger partial charge on any atom is 0.321 e. The molecule has 3 aromatic heterocycles. The zero-order valence-corrected chi connectivity index (χ0v) is 38.2. The van der Waals surface area contributed by atoms with E-state index in [-0.39, 0.29) is 36.6 Å². The first kappa shape index (κ1) is 45.4. The van der Waals surface area contributed by atoms with Crippen molar-refractivity contribution in [1.29, 1.82) is 0 Å². The van der Waals surface area contributed by atoms with Crippen LogP contribution in [0.3, 0.4) is 0 Å². The number of ether oxygens (including phenoxy) is 2. The van der Waals surface area contributed by atoms with Gasteiger partial charge in [-0.2, -0.15) is 0 Å². The largest absolute Gasteiger partial charge is 0.468 e. The van der Waals surface area contributed by atoms with E-state index in [2.05, 4.69) is 74.8 Å². The summed E-state index contributed by atoms with van der Waals surface area (Å²) < 4.78 is 11.1. The number of aldehydes is 1. The Labute approximate surface area is 361 Å². The Morgan fingerprint density at radius 2 is 1.54 bits per heavy atom. The number of ketones is 1. The Hall–Kier alpha value is -5.12. The summed E-state index contributed by atoms with van der Waals surface area (Å²) in [5.74, 6) is -1.24. The Balaban J connectivity index is 1.32. The highest BCUT2D eigenvalue weighted by atomic mass is 16.5. The van der Waals surface area contributed by atoms with Crippen molar-refractivity contribution in [2.45, 2.75) is 133 Å². The number of carbonyl (C=O) groups excluding carboxylic acids is 4. The molecule has 2 aliphatic heterocycles. The lowest BCUT2D eigenvalue weighted by molar-refractivity contribution is -0.143. The third-order valence-electron chi connectivity index (χ3n) is 13.9. The number of aromatic amines is 3. The minimum Gasteiger partial charge on any atom is -0.468 e. The van der Waals surface area contributed by atoms with Crippen molar-refractivity contribution in [3.63, 3.8) is 0 Å². The van der Waals surface area contributed by atoms with Gasteiger partial charge >= 0.3 is 11.9 Å². The van der Waals surface area contributed by atoms with Crippen LogP contribution in [0.25, 0.3) is 23.8 Å². The van der Waals surface area contributed by atoms with Gasteiger partial charge in [0.05, 0.1) is 18.2 Å². The standard InChI is InChI=1S/C51H68N4O6/c1-11-28(4)16-14-17-29(5)18-15-19-30(6)22-23-61-44(57)21-20-36-32(8)39-24-38-31(7)34(12-2)41(52-38)26-43-37(27-56)35(13-3)42(53-43)25-40-33(9)45-49(55-40)46(48(36)54-39)47(50(45)58)51(59)60-10/h22,24-29,32,36,47,52-55H,11-21,23H2,1-10H3/b30-22+,39-24-,42-25-,43-26-,48-46-/t28-,29+,32+,36+,47-/m1/s1. The molecule has 10 heteroatoms. The number of fused-ring (bicyclic) bond motifs is 7. The number of rotatable bonds is 18. The van der Waals surface area contributed by atoms with Crippen LogP contribution in [0.4, 0.5) is 0 Å². The molecule has 1 aliphatic carbocycles. The SMILES string of the molecule is CCc1c2[nH]c(c1C)/C=C1\N/C(=C3\c4[nH]c(c(C)c4C(=O)[C@@H]3C(=O)OC)/C=c3\[nH]/c(c(C=O)c3CC)=C\2)[C@@H](CCC(=O)OC/C=C(\C)CCC[C@@H](C)CCC[C@H](C)CC)[C@@H]1C. The topological polar surface area (TPSA) is 146 Å². The van der Waals surface area contributed by atoms with Gasteiger partial charge in [-0.25, -0.2) is 0 Å². The van der Waals surface area contributed by atoms with Crippen LogP contribution in [-0.4, -0.2) is 52.7 Å². The van der Waals surface area contributed by atoms with Crippen LogP contribution >= 0.6 is 0 Å². The number of hydrogen-bond acceptors (Lipinski definition) is 7. The summed E-state index contributed by atoms with van der Waals surface area (Å²) in [7, 11) is 1.30. The summed E-state index contributed by atoms with van der Waals surface area (Å²) in [5, 5.41) is 5.17. The predicted molar refractivity (Wildman–Crippen MR) is 243 cm³/mol. The van der Waals surface area contributed by atoms with E-state index < -0.39 is 11.9 Å². The van der Waals surface area contributed by atoms with Gasteiger partial charge in [-0.1, -0.05) is 79.2 Å². The van der Waals surface area contributed by atoms with E-state index in [0.29, 0.717) is 51.8 Å². The Morgan fingerprint density at radius 3 is 2.23 bits per heavy atom. The lowest BCUT2D eigenvalue weighted by atomic mass is 9.85. The average molecular weight is 833 g/mol. The number of carbonyl (C=O) groups is 4. The second-order valence-electron chi connectivity index (χ2n) is 17.9. The second kappa shape index (κ2) is 19.7. The molecule has 5 heterocycles. The highest BCUT2D eigenvalue weighted by molar-refractivity contribution is 6.24. The van der Waals surface area contributed by atoms with Crippen LogP contribution in [0.1, 0.15) is 172 Å². The normalized spacial score (nSPS) is 22.4. The maximum atomic E-state index is 14.4. The molecule has 3 aromatic rings. The van der Waals surface area contributed by atoms with Crippen LogP contribution in [0.15, 0.2) is 23.0 Å². The molecule has 0 spiro atoms. The number of esters is 2. The molecule has 0 radical (unpaired) electrons. The average Bonchev–Trinajstić information content (AvgIpc) is 3.99. The fourth-order valence-corrected chi connectivity index (χ4v) is 9.79. The lowest BCUT2D eigenvalue weighted by Gasteiger charge is -2.19. The van der Waals surface area contributed by atoms with Gasteiger partial charge in [-0.15, -0.1) is 0 Å². The molecule has 10 nitrogen and oxygen atoms in total. The fraction of sp³-hybridized carbons (Fsp3) is 0.529. The molecule has 3 aliphatic rings. The zero-order valence-electron chi connectivity index (χ0n) is 38.2. The van der Waals surface area contributed by atoms with Crippen LogP contribution in [0, 0.1) is 43.4 Å². The first-order valence-corrected chi connectivity index (χ1v) is 22.8. The predicted octanol–water partition coefficient (Wildman–Crippen LogP) is 9.08. The van der Waals surface area contributed by atoms with Crippen LogP contribution < -0.4 is 16.0 Å². The van der Waals surface area contributed by atoms with E-state index in [9.17, 15) is 19.2 Å². The van der Waals surface area contributed by atoms with Crippen molar-refractivity contribution in [1.82, 2.24) is 20.3 Å². The summed E-state index contributed by atoms with van der Waals surface area (Å²) in [6.07, 6.45) is 19.5. The summed E-state index contributed by atoms with van der Waals surface area (Å²) in [6, 6.07) is 0. The minimum atomic E-state index is -1.17. The van der Waals surface area contributed by atoms with Gasteiger partial charge < -0.3 is 29.7 Å². The number of methoxy groups -OCH3 is 1. The third-order valence-corrected chi connectivity index (χ3v) is 13.9. The highest BCUT2D eigenvalue weighted by Crippen LogP contribution is 2.48. The van der Waals surface area contributed by atoms with Crippen LogP contribution in [-0.2, 0) is 31.9 Å². The van der Waals surface area contributed by atoms with E-state index >= 15 is 0 Å². The monoisotopic (exact) mass is 833 g/mol. The number of hydrogen-bond donors (Lipinski definition) is 4. The van der Waals surface area contributed by atoms with E-state index in [1.807, 2.05) is 32.1 Å². The van der Waals surface area contributed by atoms with Crippen molar-refractivity contribution in [2.24, 2.45) is 29.6 Å². The minimum absolute atomic E-state index is 0.107. The van der Waals surface area contributed by atoms with E-state index in [1.165, 1.54) is 44.8 Å².